The number of nitrogens with zero attached hydrogens (tertiary/aromatic N) is 1. The van der Waals surface area contributed by atoms with Crippen LogP contribution in [0.4, 0.5) is 0 Å². The lowest BCUT2D eigenvalue weighted by molar-refractivity contribution is -0.122. The van der Waals surface area contributed by atoms with Crippen LogP contribution in [0.3, 0.4) is 0 Å². The van der Waals surface area contributed by atoms with Gasteiger partial charge in [-0.05, 0) is 26.7 Å². The molecule has 1 aromatic rings. The van der Waals surface area contributed by atoms with Gasteiger partial charge in [0.25, 0.3) is 0 Å². The molecule has 1 aliphatic carbocycles. The summed E-state index contributed by atoms with van der Waals surface area (Å²) in [6.07, 6.45) is 3.31. The van der Waals surface area contributed by atoms with Gasteiger partial charge in [-0.2, -0.15) is 4.98 Å². The molecule has 0 bridgehead atoms. The van der Waals surface area contributed by atoms with Crippen molar-refractivity contribution < 1.29 is 9.90 Å². The fourth-order valence-electron chi connectivity index (χ4n) is 2.71. The number of aliphatic hydroxyl groups excluding tert-OH is 1. The van der Waals surface area contributed by atoms with E-state index in [4.69, 9.17) is 0 Å². The highest BCUT2D eigenvalue weighted by Gasteiger charge is 2.24. The number of rotatable bonds is 3. The molecule has 2 rings (SSSR count). The van der Waals surface area contributed by atoms with Gasteiger partial charge in [-0.15, -0.1) is 0 Å². The summed E-state index contributed by atoms with van der Waals surface area (Å²) in [6, 6.07) is -0.160. The van der Waals surface area contributed by atoms with E-state index in [0.29, 0.717) is 11.4 Å². The average molecular weight is 279 g/mol. The first-order valence-corrected chi connectivity index (χ1v) is 7.01. The number of aryl methyl sites for hydroxylation is 2. The van der Waals surface area contributed by atoms with E-state index < -0.39 is 11.8 Å². The van der Waals surface area contributed by atoms with Crippen molar-refractivity contribution in [1.82, 2.24) is 15.3 Å². The molecule has 0 saturated heterocycles. The normalized spacial score (nSPS) is 22.6. The Kier molecular flexibility index (Phi) is 4.54. The van der Waals surface area contributed by atoms with E-state index in [1.54, 1.807) is 13.8 Å². The van der Waals surface area contributed by atoms with Gasteiger partial charge in [0.15, 0.2) is 0 Å². The number of H-pyrrole nitrogens is 1. The van der Waals surface area contributed by atoms with Gasteiger partial charge in [0, 0.05) is 17.0 Å². The van der Waals surface area contributed by atoms with Crippen molar-refractivity contribution in [2.45, 2.75) is 58.1 Å². The molecule has 110 valence electrons. The summed E-state index contributed by atoms with van der Waals surface area (Å²) in [7, 11) is 0. The summed E-state index contributed by atoms with van der Waals surface area (Å²) in [4.78, 5) is 29.7. The maximum atomic E-state index is 12.1. The molecule has 0 spiro atoms. The molecule has 2 atom stereocenters. The number of aromatic nitrogens is 2. The highest BCUT2D eigenvalue weighted by atomic mass is 16.3. The van der Waals surface area contributed by atoms with Crippen LogP contribution in [-0.4, -0.2) is 33.1 Å². The summed E-state index contributed by atoms with van der Waals surface area (Å²) in [6.45, 7) is 3.48. The van der Waals surface area contributed by atoms with E-state index in [-0.39, 0.29) is 18.4 Å². The Bertz CT molecular complexity index is 527. The lowest BCUT2D eigenvalue weighted by Gasteiger charge is -2.28. The summed E-state index contributed by atoms with van der Waals surface area (Å²) >= 11 is 0. The third kappa shape index (κ3) is 3.45. The zero-order chi connectivity index (χ0) is 14.7. The van der Waals surface area contributed by atoms with E-state index in [1.165, 1.54) is 0 Å². The highest BCUT2D eigenvalue weighted by molar-refractivity contribution is 5.79. The third-order valence-electron chi connectivity index (χ3n) is 3.87. The molecule has 3 N–H and O–H groups in total. The second-order valence-corrected chi connectivity index (χ2v) is 5.43. The molecule has 20 heavy (non-hydrogen) atoms. The van der Waals surface area contributed by atoms with Crippen molar-refractivity contribution >= 4 is 5.91 Å². The highest BCUT2D eigenvalue weighted by Crippen LogP contribution is 2.18. The van der Waals surface area contributed by atoms with Crippen molar-refractivity contribution in [2.75, 3.05) is 0 Å². The largest absolute Gasteiger partial charge is 0.391 e. The Hall–Kier alpha value is -1.69. The van der Waals surface area contributed by atoms with E-state index in [0.717, 1.165) is 31.2 Å². The van der Waals surface area contributed by atoms with Crippen LogP contribution in [0.15, 0.2) is 4.79 Å². The zero-order valence-corrected chi connectivity index (χ0v) is 11.9. The number of aliphatic hydroxyl groups is 1. The molecule has 6 heteroatoms. The summed E-state index contributed by atoms with van der Waals surface area (Å²) in [5, 5.41) is 12.7. The first-order valence-electron chi connectivity index (χ1n) is 7.01. The van der Waals surface area contributed by atoms with E-state index in [9.17, 15) is 14.7 Å². The Morgan fingerprint density at radius 1 is 1.40 bits per heavy atom. The third-order valence-corrected chi connectivity index (χ3v) is 3.87. The van der Waals surface area contributed by atoms with Crippen molar-refractivity contribution in [3.05, 3.63) is 27.4 Å². The molecule has 0 radical (unpaired) electrons. The predicted molar refractivity (Wildman–Crippen MR) is 74.4 cm³/mol. The molecule has 0 aromatic carbocycles. The summed E-state index contributed by atoms with van der Waals surface area (Å²) < 4.78 is 0. The molecule has 1 aliphatic rings. The van der Waals surface area contributed by atoms with Crippen molar-refractivity contribution in [2.24, 2.45) is 0 Å². The fraction of sp³-hybridized carbons (Fsp3) is 0.643. The minimum atomic E-state index is -0.455. The van der Waals surface area contributed by atoms with Gasteiger partial charge in [0.1, 0.15) is 0 Å². The molecule has 2 unspecified atom stereocenters. The van der Waals surface area contributed by atoms with Gasteiger partial charge in [-0.1, -0.05) is 12.8 Å². The Balaban J connectivity index is 2.03. The first-order chi connectivity index (χ1) is 9.47. The van der Waals surface area contributed by atoms with Crippen molar-refractivity contribution in [3.8, 4) is 0 Å². The minimum Gasteiger partial charge on any atom is -0.391 e. The maximum Gasteiger partial charge on any atom is 0.345 e. The van der Waals surface area contributed by atoms with Crippen molar-refractivity contribution in [1.29, 1.82) is 0 Å². The fourth-order valence-corrected chi connectivity index (χ4v) is 2.71. The Morgan fingerprint density at radius 2 is 2.10 bits per heavy atom. The van der Waals surface area contributed by atoms with Gasteiger partial charge in [-0.3, -0.25) is 4.79 Å². The zero-order valence-electron chi connectivity index (χ0n) is 11.9. The maximum absolute atomic E-state index is 12.1. The summed E-state index contributed by atoms with van der Waals surface area (Å²) in [5.41, 5.74) is 1.59. The number of aromatic amines is 1. The Labute approximate surface area is 117 Å². The second kappa shape index (κ2) is 6.17. The first kappa shape index (κ1) is 14.7. The monoisotopic (exact) mass is 279 g/mol. The number of carbonyl (C=O) groups excluding carboxylic acids is 1. The predicted octanol–water partition coefficient (Wildman–Crippen LogP) is 0.349. The van der Waals surface area contributed by atoms with E-state index in [1.807, 2.05) is 0 Å². The standard InChI is InChI=1S/C14H21N3O3/c1-8-10(9(2)16-14(20)15-8)7-13(19)17-11-5-3-4-6-12(11)18/h11-12,18H,3-7H2,1-2H3,(H,17,19)(H,15,16,20). The van der Waals surface area contributed by atoms with Crippen LogP contribution in [0.5, 0.6) is 0 Å². The van der Waals surface area contributed by atoms with Crippen molar-refractivity contribution in [3.63, 3.8) is 0 Å². The second-order valence-electron chi connectivity index (χ2n) is 5.43. The van der Waals surface area contributed by atoms with Crippen LogP contribution in [0.2, 0.25) is 0 Å². The molecule has 1 amide bonds. The van der Waals surface area contributed by atoms with Crippen LogP contribution < -0.4 is 11.0 Å². The van der Waals surface area contributed by atoms with Gasteiger partial charge in [-0.25, -0.2) is 4.79 Å². The molecule has 1 saturated carbocycles. The molecular weight excluding hydrogens is 258 g/mol. The summed E-state index contributed by atoms with van der Waals surface area (Å²) in [5.74, 6) is -0.143. The molecule has 1 fully saturated rings. The van der Waals surface area contributed by atoms with Gasteiger partial charge < -0.3 is 15.4 Å². The molecule has 1 heterocycles. The van der Waals surface area contributed by atoms with Crippen LogP contribution >= 0.6 is 0 Å². The molecular formula is C14H21N3O3. The molecule has 1 aromatic heterocycles. The Morgan fingerprint density at radius 3 is 2.75 bits per heavy atom. The number of hydrogen-bond donors (Lipinski definition) is 3. The number of nitrogens with one attached hydrogen (secondary N) is 2. The smallest absolute Gasteiger partial charge is 0.345 e. The number of hydrogen-bond acceptors (Lipinski definition) is 4. The topological polar surface area (TPSA) is 95.1 Å². The lowest BCUT2D eigenvalue weighted by Crippen LogP contribution is -2.45. The van der Waals surface area contributed by atoms with Crippen LogP contribution in [0, 0.1) is 13.8 Å². The quantitative estimate of drug-likeness (QED) is 0.744. The molecule has 6 nitrogen and oxygen atoms in total. The SMILES string of the molecule is Cc1nc(=O)[nH]c(C)c1CC(=O)NC1CCCCC1O. The van der Waals surface area contributed by atoms with Crippen LogP contribution in [0.25, 0.3) is 0 Å². The van der Waals surface area contributed by atoms with Gasteiger partial charge >= 0.3 is 5.69 Å². The van der Waals surface area contributed by atoms with Crippen LogP contribution in [-0.2, 0) is 11.2 Å². The lowest BCUT2D eigenvalue weighted by atomic mass is 9.92. The van der Waals surface area contributed by atoms with Crippen LogP contribution in [0.1, 0.15) is 42.6 Å². The van der Waals surface area contributed by atoms with E-state index >= 15 is 0 Å². The minimum absolute atomic E-state index is 0.143. The number of amides is 1. The van der Waals surface area contributed by atoms with Gasteiger partial charge in [0.05, 0.1) is 18.6 Å². The van der Waals surface area contributed by atoms with E-state index in [2.05, 4.69) is 15.3 Å². The molecule has 0 aliphatic heterocycles. The average Bonchev–Trinajstić information content (AvgIpc) is 2.36. The van der Waals surface area contributed by atoms with Gasteiger partial charge in [0.2, 0.25) is 5.91 Å². The number of carbonyl (C=O) groups is 1.